The van der Waals surface area contributed by atoms with Crippen molar-refractivity contribution >= 4 is 45.0 Å². The molecule has 41 heavy (non-hydrogen) atoms. The molecule has 1 atom stereocenters. The zero-order chi connectivity index (χ0) is 29.8. The first-order valence-corrected chi connectivity index (χ1v) is 14.9. The van der Waals surface area contributed by atoms with Crippen LogP contribution >= 0.6 is 27.3 Å². The summed E-state index contributed by atoms with van der Waals surface area (Å²) in [4.78, 5) is 34.7. The summed E-state index contributed by atoms with van der Waals surface area (Å²) in [7, 11) is 4.71. The summed E-state index contributed by atoms with van der Waals surface area (Å²) in [6, 6.07) is 8.36. The van der Waals surface area contributed by atoms with Gasteiger partial charge in [0, 0.05) is 34.8 Å². The molecular formula is C30H34BrN3O6S. The van der Waals surface area contributed by atoms with Crippen molar-refractivity contribution < 1.29 is 23.7 Å². The highest BCUT2D eigenvalue weighted by Crippen LogP contribution is 2.38. The lowest BCUT2D eigenvalue weighted by atomic mass is 9.94. The molecule has 1 aliphatic heterocycles. The smallest absolute Gasteiger partial charge is 0.338 e. The molecule has 9 nitrogen and oxygen atoms in total. The average molecular weight is 645 g/mol. The molecule has 0 N–H and O–H groups in total. The van der Waals surface area contributed by atoms with Crippen molar-refractivity contribution in [2.45, 2.75) is 33.7 Å². The highest BCUT2D eigenvalue weighted by atomic mass is 79.9. The molecule has 0 aliphatic carbocycles. The number of aromatic nitrogens is 1. The number of nitrogens with zero attached hydrogens (tertiary/aromatic N) is 3. The van der Waals surface area contributed by atoms with Crippen LogP contribution in [0.1, 0.15) is 44.9 Å². The number of esters is 1. The molecule has 0 radical (unpaired) electrons. The lowest BCUT2D eigenvalue weighted by Crippen LogP contribution is -2.40. The van der Waals surface area contributed by atoms with E-state index in [1.54, 1.807) is 59.5 Å². The summed E-state index contributed by atoms with van der Waals surface area (Å²) in [6.07, 6.45) is 1.79. The Morgan fingerprint density at radius 3 is 2.39 bits per heavy atom. The van der Waals surface area contributed by atoms with Gasteiger partial charge in [-0.1, -0.05) is 11.3 Å². The van der Waals surface area contributed by atoms with Crippen LogP contribution in [-0.4, -0.2) is 51.6 Å². The van der Waals surface area contributed by atoms with Crippen LogP contribution in [0.25, 0.3) is 6.08 Å². The maximum Gasteiger partial charge on any atom is 0.338 e. The third-order valence-corrected chi connectivity index (χ3v) is 8.56. The van der Waals surface area contributed by atoms with Gasteiger partial charge >= 0.3 is 5.97 Å². The standard InChI is InChI=1S/C30H34BrN3O6S/c1-8-33(9-2)22-16-24(39-7)18(13-21(22)31)14-25-28(35)34-27(20-15-19(37-5)11-12-23(20)38-6)26(29(36)40-10-3)17(4)32-30(34)41-25/h11-16,27H,8-10H2,1-7H3/t27-/m1/s1. The summed E-state index contributed by atoms with van der Waals surface area (Å²) < 4.78 is 25.1. The number of hydrogen-bond acceptors (Lipinski definition) is 9. The van der Waals surface area contributed by atoms with Gasteiger partial charge in [0.2, 0.25) is 0 Å². The zero-order valence-electron chi connectivity index (χ0n) is 24.2. The first-order valence-electron chi connectivity index (χ1n) is 13.3. The summed E-state index contributed by atoms with van der Waals surface area (Å²) >= 11 is 4.94. The maximum absolute atomic E-state index is 14.1. The van der Waals surface area contributed by atoms with E-state index in [0.29, 0.717) is 37.8 Å². The molecule has 0 unspecified atom stereocenters. The second-order valence-electron chi connectivity index (χ2n) is 9.13. The minimum atomic E-state index is -0.837. The van der Waals surface area contributed by atoms with Crippen LogP contribution in [0.4, 0.5) is 5.69 Å². The highest BCUT2D eigenvalue weighted by Gasteiger charge is 2.35. The fourth-order valence-corrected chi connectivity index (χ4v) is 6.58. The molecule has 218 valence electrons. The second kappa shape index (κ2) is 12.9. The number of halogens is 1. The van der Waals surface area contributed by atoms with Gasteiger partial charge in [-0.15, -0.1) is 0 Å². The molecule has 0 amide bonds. The number of benzene rings is 2. The number of anilines is 1. The van der Waals surface area contributed by atoms with E-state index in [1.165, 1.54) is 15.9 Å². The number of carbonyl (C=O) groups is 1. The van der Waals surface area contributed by atoms with Gasteiger partial charge in [0.05, 0.1) is 49.4 Å². The van der Waals surface area contributed by atoms with Crippen LogP contribution in [0.2, 0.25) is 0 Å². The Morgan fingerprint density at radius 1 is 1.07 bits per heavy atom. The fraction of sp³-hybridized carbons (Fsp3) is 0.367. The predicted molar refractivity (Wildman–Crippen MR) is 164 cm³/mol. The Hall–Kier alpha value is -3.57. The van der Waals surface area contributed by atoms with Gasteiger partial charge in [0.25, 0.3) is 5.56 Å². The molecule has 1 aliphatic rings. The minimum Gasteiger partial charge on any atom is -0.497 e. The first kappa shape index (κ1) is 30.4. The Kier molecular flexibility index (Phi) is 9.60. The van der Waals surface area contributed by atoms with E-state index in [-0.39, 0.29) is 17.7 Å². The first-order chi connectivity index (χ1) is 19.7. The SMILES string of the molecule is CCOC(=O)C1=C(C)N=c2sc(=Cc3cc(Br)c(N(CC)CC)cc3OC)c(=O)n2[C@@H]1c1cc(OC)ccc1OC. The Balaban J connectivity index is 1.99. The van der Waals surface area contributed by atoms with Gasteiger partial charge in [-0.05, 0) is 74.0 Å². The summed E-state index contributed by atoms with van der Waals surface area (Å²) in [5.74, 6) is 1.15. The third kappa shape index (κ3) is 5.78. The van der Waals surface area contributed by atoms with Gasteiger partial charge in [-0.2, -0.15) is 0 Å². The van der Waals surface area contributed by atoms with Crippen molar-refractivity contribution in [2.24, 2.45) is 4.99 Å². The summed E-state index contributed by atoms with van der Waals surface area (Å²) in [5.41, 5.74) is 2.75. The van der Waals surface area contributed by atoms with Crippen molar-refractivity contribution in [3.05, 3.63) is 76.9 Å². The predicted octanol–water partition coefficient (Wildman–Crippen LogP) is 4.43. The van der Waals surface area contributed by atoms with Gasteiger partial charge in [-0.3, -0.25) is 9.36 Å². The van der Waals surface area contributed by atoms with E-state index in [1.807, 2.05) is 12.1 Å². The number of rotatable bonds is 10. The normalized spacial score (nSPS) is 14.8. The van der Waals surface area contributed by atoms with E-state index < -0.39 is 12.0 Å². The van der Waals surface area contributed by atoms with E-state index in [0.717, 1.165) is 28.8 Å². The highest BCUT2D eigenvalue weighted by molar-refractivity contribution is 9.10. The number of allylic oxidation sites excluding steroid dienone is 1. The molecule has 0 saturated heterocycles. The maximum atomic E-state index is 14.1. The number of carbonyl (C=O) groups excluding carboxylic acids is 1. The third-order valence-electron chi connectivity index (χ3n) is 6.94. The largest absolute Gasteiger partial charge is 0.497 e. The summed E-state index contributed by atoms with van der Waals surface area (Å²) in [6.45, 7) is 9.53. The second-order valence-corrected chi connectivity index (χ2v) is 11.0. The Bertz CT molecular complexity index is 1670. The minimum absolute atomic E-state index is 0.181. The number of methoxy groups -OCH3 is 3. The molecular weight excluding hydrogens is 610 g/mol. The molecule has 0 bridgehead atoms. The fourth-order valence-electron chi connectivity index (χ4n) is 4.93. The Morgan fingerprint density at radius 2 is 1.78 bits per heavy atom. The van der Waals surface area contributed by atoms with Crippen molar-refractivity contribution in [3.8, 4) is 17.2 Å². The molecule has 0 saturated carbocycles. The molecule has 2 heterocycles. The van der Waals surface area contributed by atoms with Crippen LogP contribution in [0, 0.1) is 0 Å². The molecule has 0 fully saturated rings. The quantitative estimate of drug-likeness (QED) is 0.302. The number of fused-ring (bicyclic) bond motifs is 1. The van der Waals surface area contributed by atoms with Crippen molar-refractivity contribution in [2.75, 3.05) is 45.9 Å². The lowest BCUT2D eigenvalue weighted by Gasteiger charge is -2.26. The monoisotopic (exact) mass is 643 g/mol. The summed E-state index contributed by atoms with van der Waals surface area (Å²) in [5, 5.41) is 0. The van der Waals surface area contributed by atoms with E-state index >= 15 is 0 Å². The Labute approximate surface area is 251 Å². The van der Waals surface area contributed by atoms with Gasteiger partial charge in [0.15, 0.2) is 4.80 Å². The van der Waals surface area contributed by atoms with Crippen LogP contribution in [-0.2, 0) is 9.53 Å². The number of ether oxygens (including phenoxy) is 4. The molecule has 2 aromatic carbocycles. The van der Waals surface area contributed by atoms with Crippen LogP contribution < -0.4 is 34.0 Å². The van der Waals surface area contributed by atoms with Crippen molar-refractivity contribution in [1.29, 1.82) is 0 Å². The van der Waals surface area contributed by atoms with E-state index in [4.69, 9.17) is 18.9 Å². The average Bonchev–Trinajstić information content (AvgIpc) is 3.27. The number of thiazole rings is 1. The van der Waals surface area contributed by atoms with Gasteiger partial charge in [-0.25, -0.2) is 9.79 Å². The van der Waals surface area contributed by atoms with Gasteiger partial charge < -0.3 is 23.8 Å². The number of hydrogen-bond donors (Lipinski definition) is 0. The molecule has 3 aromatic rings. The topological polar surface area (TPSA) is 91.6 Å². The van der Waals surface area contributed by atoms with Crippen LogP contribution in [0.3, 0.4) is 0 Å². The lowest BCUT2D eigenvalue weighted by molar-refractivity contribution is -0.139. The van der Waals surface area contributed by atoms with Crippen LogP contribution in [0.5, 0.6) is 17.2 Å². The van der Waals surface area contributed by atoms with Crippen molar-refractivity contribution in [1.82, 2.24) is 4.57 Å². The zero-order valence-corrected chi connectivity index (χ0v) is 26.6. The molecule has 11 heteroatoms. The van der Waals surface area contributed by atoms with Crippen LogP contribution in [0.15, 0.2) is 55.9 Å². The molecule has 1 aromatic heterocycles. The molecule has 4 rings (SSSR count). The van der Waals surface area contributed by atoms with E-state index in [2.05, 4.69) is 39.7 Å². The van der Waals surface area contributed by atoms with Crippen molar-refractivity contribution in [3.63, 3.8) is 0 Å². The van der Waals surface area contributed by atoms with E-state index in [9.17, 15) is 9.59 Å². The molecule has 0 spiro atoms. The van der Waals surface area contributed by atoms with Gasteiger partial charge in [0.1, 0.15) is 23.3 Å².